The Morgan fingerprint density at radius 3 is 2.84 bits per heavy atom. The lowest BCUT2D eigenvalue weighted by Gasteiger charge is -2.18. The van der Waals surface area contributed by atoms with Crippen LogP contribution in [0.2, 0.25) is 0 Å². The van der Waals surface area contributed by atoms with E-state index < -0.39 is 6.10 Å². The molecule has 2 N–H and O–H groups in total. The lowest BCUT2D eigenvalue weighted by atomic mass is 10.3. The minimum Gasteiger partial charge on any atom is -0.425 e. The van der Waals surface area contributed by atoms with Crippen molar-refractivity contribution >= 4 is 12.0 Å². The summed E-state index contributed by atoms with van der Waals surface area (Å²) in [6.45, 7) is 1.99. The average Bonchev–Trinajstić information content (AvgIpc) is 2.85. The maximum absolute atomic E-state index is 12.7. The van der Waals surface area contributed by atoms with Crippen LogP contribution in [-0.2, 0) is 0 Å². The smallest absolute Gasteiger partial charge is 0.137 e. The van der Waals surface area contributed by atoms with E-state index in [0.717, 1.165) is 19.5 Å². The minimum atomic E-state index is -0.679. The summed E-state index contributed by atoms with van der Waals surface area (Å²) < 4.78 is 18.3. The van der Waals surface area contributed by atoms with Crippen LogP contribution in [0.5, 0.6) is 5.75 Å². The standard InChI is InChI=1S/C13H18FNO3S/c14-10-1-3-12(4-2-10)18-19-13-5-6-15(8-13)7-11(17)9-16/h1-4,11,13,16-17H,5-9H2. The highest BCUT2D eigenvalue weighted by Crippen LogP contribution is 2.26. The molecule has 0 aliphatic carbocycles. The third kappa shape index (κ3) is 4.65. The molecule has 0 aromatic heterocycles. The maximum Gasteiger partial charge on any atom is 0.137 e. The van der Waals surface area contributed by atoms with E-state index in [4.69, 9.17) is 9.29 Å². The van der Waals surface area contributed by atoms with Gasteiger partial charge in [0.2, 0.25) is 0 Å². The molecule has 1 aliphatic rings. The van der Waals surface area contributed by atoms with Gasteiger partial charge < -0.3 is 14.4 Å². The molecule has 19 heavy (non-hydrogen) atoms. The average molecular weight is 287 g/mol. The van der Waals surface area contributed by atoms with Crippen molar-refractivity contribution in [2.24, 2.45) is 0 Å². The number of β-amino-alcohol motifs (C(OH)–C–C–N with tert-alkyl or cyclic N) is 1. The van der Waals surface area contributed by atoms with E-state index in [2.05, 4.69) is 4.90 Å². The van der Waals surface area contributed by atoms with Gasteiger partial charge in [0.25, 0.3) is 0 Å². The zero-order chi connectivity index (χ0) is 13.7. The first-order valence-corrected chi connectivity index (χ1v) is 7.08. The van der Waals surface area contributed by atoms with Gasteiger partial charge in [-0.05, 0) is 37.2 Å². The number of likely N-dealkylation sites (tertiary alicyclic amines) is 1. The molecule has 4 nitrogen and oxygen atoms in total. The first-order chi connectivity index (χ1) is 9.17. The summed E-state index contributed by atoms with van der Waals surface area (Å²) in [6.07, 6.45) is 0.297. The summed E-state index contributed by atoms with van der Waals surface area (Å²) in [4.78, 5) is 2.10. The van der Waals surface area contributed by atoms with Gasteiger partial charge in [-0.25, -0.2) is 4.39 Å². The van der Waals surface area contributed by atoms with Crippen molar-refractivity contribution in [3.05, 3.63) is 30.1 Å². The van der Waals surface area contributed by atoms with E-state index >= 15 is 0 Å². The van der Waals surface area contributed by atoms with Crippen molar-refractivity contribution in [2.45, 2.75) is 17.8 Å². The van der Waals surface area contributed by atoms with Gasteiger partial charge in [0.15, 0.2) is 0 Å². The number of nitrogens with zero attached hydrogens (tertiary/aromatic N) is 1. The van der Waals surface area contributed by atoms with Crippen LogP contribution in [0.25, 0.3) is 0 Å². The molecule has 0 spiro atoms. The van der Waals surface area contributed by atoms with E-state index in [9.17, 15) is 9.50 Å². The highest BCUT2D eigenvalue weighted by Gasteiger charge is 2.25. The van der Waals surface area contributed by atoms with E-state index in [1.807, 2.05) is 0 Å². The van der Waals surface area contributed by atoms with E-state index in [0.29, 0.717) is 17.5 Å². The van der Waals surface area contributed by atoms with Crippen molar-refractivity contribution in [1.29, 1.82) is 0 Å². The Hall–Kier alpha value is -0.820. The molecule has 1 aliphatic heterocycles. The van der Waals surface area contributed by atoms with E-state index in [1.54, 1.807) is 12.1 Å². The van der Waals surface area contributed by atoms with Crippen LogP contribution >= 0.6 is 12.0 Å². The van der Waals surface area contributed by atoms with Gasteiger partial charge in [0.05, 0.1) is 30.0 Å². The number of rotatable bonds is 6. The molecule has 2 unspecified atom stereocenters. The largest absolute Gasteiger partial charge is 0.425 e. The van der Waals surface area contributed by atoms with Gasteiger partial charge >= 0.3 is 0 Å². The predicted octanol–water partition coefficient (Wildman–Crippen LogP) is 1.28. The summed E-state index contributed by atoms with van der Waals surface area (Å²) in [6, 6.07) is 5.94. The molecule has 2 atom stereocenters. The van der Waals surface area contributed by atoms with Crippen molar-refractivity contribution in [3.8, 4) is 5.75 Å². The summed E-state index contributed by atoms with van der Waals surface area (Å²) in [5, 5.41) is 18.5. The number of halogens is 1. The van der Waals surface area contributed by atoms with Crippen LogP contribution < -0.4 is 4.18 Å². The van der Waals surface area contributed by atoms with Gasteiger partial charge in [-0.2, -0.15) is 0 Å². The van der Waals surface area contributed by atoms with Crippen LogP contribution in [0, 0.1) is 5.82 Å². The van der Waals surface area contributed by atoms with Crippen molar-refractivity contribution in [1.82, 2.24) is 4.90 Å². The molecule has 106 valence electrons. The zero-order valence-electron chi connectivity index (χ0n) is 10.5. The fourth-order valence-electron chi connectivity index (χ4n) is 2.01. The van der Waals surface area contributed by atoms with E-state index in [-0.39, 0.29) is 12.4 Å². The molecule has 1 aromatic rings. The third-order valence-electron chi connectivity index (χ3n) is 3.00. The maximum atomic E-state index is 12.7. The van der Waals surface area contributed by atoms with Crippen LogP contribution in [0.15, 0.2) is 24.3 Å². The molecular weight excluding hydrogens is 269 g/mol. The Balaban J connectivity index is 1.71. The number of aliphatic hydroxyl groups excluding tert-OH is 2. The van der Waals surface area contributed by atoms with Crippen LogP contribution in [-0.4, -0.2) is 52.7 Å². The second kappa shape index (κ2) is 7.09. The number of aliphatic hydroxyl groups is 2. The molecule has 1 saturated heterocycles. The van der Waals surface area contributed by atoms with Crippen molar-refractivity contribution < 1.29 is 18.8 Å². The molecule has 2 rings (SSSR count). The lowest BCUT2D eigenvalue weighted by Crippen LogP contribution is -2.33. The fraction of sp³-hybridized carbons (Fsp3) is 0.538. The molecule has 1 aromatic carbocycles. The molecule has 1 heterocycles. The zero-order valence-corrected chi connectivity index (χ0v) is 11.4. The second-order valence-corrected chi connectivity index (χ2v) is 5.67. The van der Waals surface area contributed by atoms with Gasteiger partial charge in [-0.15, -0.1) is 0 Å². The predicted molar refractivity (Wildman–Crippen MR) is 72.6 cm³/mol. The first kappa shape index (κ1) is 14.6. The molecule has 0 amide bonds. The van der Waals surface area contributed by atoms with Gasteiger partial charge in [0, 0.05) is 13.1 Å². The molecule has 1 fully saturated rings. The Morgan fingerprint density at radius 2 is 2.16 bits per heavy atom. The number of hydrogen-bond donors (Lipinski definition) is 2. The van der Waals surface area contributed by atoms with Gasteiger partial charge in [0.1, 0.15) is 11.6 Å². The summed E-state index contributed by atoms with van der Waals surface area (Å²) in [7, 11) is 0. The second-order valence-electron chi connectivity index (χ2n) is 4.64. The van der Waals surface area contributed by atoms with E-state index in [1.165, 1.54) is 24.2 Å². The molecular formula is C13H18FNO3S. The summed E-state index contributed by atoms with van der Waals surface area (Å²) in [5.41, 5.74) is 0. The van der Waals surface area contributed by atoms with Crippen molar-refractivity contribution in [2.75, 3.05) is 26.2 Å². The van der Waals surface area contributed by atoms with Gasteiger partial charge in [-0.3, -0.25) is 4.90 Å². The van der Waals surface area contributed by atoms with Crippen molar-refractivity contribution in [3.63, 3.8) is 0 Å². The topological polar surface area (TPSA) is 52.9 Å². The Kier molecular flexibility index (Phi) is 5.45. The number of hydrogen-bond acceptors (Lipinski definition) is 5. The molecule has 0 radical (unpaired) electrons. The van der Waals surface area contributed by atoms with Gasteiger partial charge in [-0.1, -0.05) is 0 Å². The monoisotopic (exact) mass is 287 g/mol. The number of benzene rings is 1. The molecule has 6 heteroatoms. The van der Waals surface area contributed by atoms with Crippen LogP contribution in [0.4, 0.5) is 4.39 Å². The Labute approximate surface area is 116 Å². The first-order valence-electron chi connectivity index (χ1n) is 6.27. The fourth-order valence-corrected chi connectivity index (χ4v) is 2.84. The third-order valence-corrected chi connectivity index (χ3v) is 3.95. The minimum absolute atomic E-state index is 0.208. The summed E-state index contributed by atoms with van der Waals surface area (Å²) >= 11 is 1.37. The Bertz CT molecular complexity index is 390. The highest BCUT2D eigenvalue weighted by atomic mass is 32.2. The molecule has 0 saturated carbocycles. The molecule has 0 bridgehead atoms. The van der Waals surface area contributed by atoms with Crippen LogP contribution in [0.1, 0.15) is 6.42 Å². The lowest BCUT2D eigenvalue weighted by molar-refractivity contribution is 0.0662. The quantitative estimate of drug-likeness (QED) is 0.772. The Morgan fingerprint density at radius 1 is 1.42 bits per heavy atom. The normalized spacial score (nSPS) is 21.5. The van der Waals surface area contributed by atoms with Crippen LogP contribution in [0.3, 0.4) is 0 Å². The highest BCUT2D eigenvalue weighted by molar-refractivity contribution is 7.95. The SMILES string of the molecule is OCC(O)CN1CCC(SOc2ccc(F)cc2)C1. The summed E-state index contributed by atoms with van der Waals surface area (Å²) in [5.74, 6) is 0.364.